The van der Waals surface area contributed by atoms with E-state index >= 15 is 0 Å². The second-order valence-corrected chi connectivity index (χ2v) is 3.22. The van der Waals surface area contributed by atoms with Gasteiger partial charge in [0, 0.05) is 16.3 Å². The van der Waals surface area contributed by atoms with Crippen LogP contribution in [-0.4, -0.2) is 18.4 Å². The Bertz CT molecular complexity index is 327. The lowest BCUT2D eigenvalue weighted by Gasteiger charge is -2.00. The van der Waals surface area contributed by atoms with Crippen LogP contribution >= 0.6 is 11.3 Å². The zero-order valence-corrected chi connectivity index (χ0v) is 8.31. The number of hydrogen-bond donors (Lipinski definition) is 0. The molecule has 1 heterocycles. The molecule has 0 spiro atoms. The fourth-order valence-corrected chi connectivity index (χ4v) is 1.79. The van der Waals surface area contributed by atoms with Crippen LogP contribution in [0.3, 0.4) is 0 Å². The van der Waals surface area contributed by atoms with Crippen molar-refractivity contribution in [2.45, 2.75) is 13.8 Å². The van der Waals surface area contributed by atoms with Gasteiger partial charge in [0.1, 0.15) is 0 Å². The smallest absolute Gasteiger partial charge is 0.339 e. The monoisotopic (exact) mass is 198 g/mol. The molecule has 4 heteroatoms. The Hall–Kier alpha value is -1.16. The van der Waals surface area contributed by atoms with Crippen molar-refractivity contribution in [3.05, 3.63) is 21.9 Å². The lowest BCUT2D eigenvalue weighted by Crippen LogP contribution is -2.07. The van der Waals surface area contributed by atoms with Crippen LogP contribution in [0.1, 0.15) is 34.6 Å². The molecular weight excluding hydrogens is 188 g/mol. The van der Waals surface area contributed by atoms with E-state index in [-0.39, 0.29) is 5.78 Å². The molecule has 0 atom stereocenters. The summed E-state index contributed by atoms with van der Waals surface area (Å²) in [6.45, 7) is 3.49. The number of Topliss-reactive ketones (excluding diaryl/α,β-unsaturated/α-hetero) is 1. The third-order valence-electron chi connectivity index (χ3n) is 1.54. The van der Waals surface area contributed by atoms with Crippen molar-refractivity contribution in [3.63, 3.8) is 0 Å². The molecule has 1 aromatic heterocycles. The van der Waals surface area contributed by atoms with E-state index in [1.165, 1.54) is 18.3 Å². The Labute approximate surface area is 80.3 Å². The standard InChI is InChI=1S/C9H10O3S/c1-3-12-9(11)8-5-13-4-7(8)6(2)10/h4-5H,3H2,1-2H3. The van der Waals surface area contributed by atoms with Crippen molar-refractivity contribution < 1.29 is 14.3 Å². The summed E-state index contributed by atoms with van der Waals surface area (Å²) in [7, 11) is 0. The highest BCUT2D eigenvalue weighted by Gasteiger charge is 2.15. The lowest BCUT2D eigenvalue weighted by atomic mass is 10.1. The first kappa shape index (κ1) is 9.92. The first-order chi connectivity index (χ1) is 6.16. The number of thiophene rings is 1. The van der Waals surface area contributed by atoms with E-state index in [1.807, 2.05) is 0 Å². The zero-order valence-electron chi connectivity index (χ0n) is 7.49. The third-order valence-corrected chi connectivity index (χ3v) is 2.28. The molecule has 0 unspecified atom stereocenters. The van der Waals surface area contributed by atoms with Gasteiger partial charge in [0.25, 0.3) is 0 Å². The molecule has 0 bridgehead atoms. The number of ether oxygens (including phenoxy) is 1. The van der Waals surface area contributed by atoms with Crippen LogP contribution in [0.2, 0.25) is 0 Å². The molecule has 0 saturated carbocycles. The molecule has 1 rings (SSSR count). The maximum absolute atomic E-state index is 11.3. The Kier molecular flexibility index (Phi) is 3.19. The third kappa shape index (κ3) is 2.15. The summed E-state index contributed by atoms with van der Waals surface area (Å²) in [5.74, 6) is -0.529. The van der Waals surface area contributed by atoms with E-state index in [9.17, 15) is 9.59 Å². The largest absolute Gasteiger partial charge is 0.462 e. The molecule has 0 radical (unpaired) electrons. The van der Waals surface area contributed by atoms with Gasteiger partial charge < -0.3 is 4.74 Å². The minimum absolute atomic E-state index is 0.107. The summed E-state index contributed by atoms with van der Waals surface area (Å²) in [5.41, 5.74) is 0.822. The SMILES string of the molecule is CCOC(=O)c1cscc1C(C)=O. The zero-order chi connectivity index (χ0) is 9.84. The van der Waals surface area contributed by atoms with Gasteiger partial charge in [0.15, 0.2) is 5.78 Å². The Morgan fingerprint density at radius 3 is 2.54 bits per heavy atom. The maximum Gasteiger partial charge on any atom is 0.339 e. The van der Waals surface area contributed by atoms with Gasteiger partial charge in [-0.15, -0.1) is 0 Å². The highest BCUT2D eigenvalue weighted by atomic mass is 32.1. The van der Waals surface area contributed by atoms with E-state index in [4.69, 9.17) is 4.74 Å². The minimum Gasteiger partial charge on any atom is -0.462 e. The molecule has 13 heavy (non-hydrogen) atoms. The molecule has 0 amide bonds. The van der Waals surface area contributed by atoms with Crippen LogP contribution in [0, 0.1) is 0 Å². The van der Waals surface area contributed by atoms with Gasteiger partial charge in [0.05, 0.1) is 12.2 Å². The number of rotatable bonds is 3. The Morgan fingerprint density at radius 2 is 2.00 bits per heavy atom. The second-order valence-electron chi connectivity index (χ2n) is 2.48. The highest BCUT2D eigenvalue weighted by molar-refractivity contribution is 7.08. The molecule has 3 nitrogen and oxygen atoms in total. The van der Waals surface area contributed by atoms with Crippen LogP contribution in [0.15, 0.2) is 10.8 Å². The molecule has 0 aromatic carbocycles. The normalized spacial score (nSPS) is 9.69. The van der Waals surface area contributed by atoms with Crippen molar-refractivity contribution in [1.29, 1.82) is 0 Å². The number of esters is 1. The summed E-state index contributed by atoms with van der Waals surface area (Å²) in [5, 5.41) is 3.29. The van der Waals surface area contributed by atoms with E-state index in [2.05, 4.69) is 0 Å². The molecule has 0 N–H and O–H groups in total. The average Bonchev–Trinajstić information content (AvgIpc) is 2.52. The maximum atomic E-state index is 11.3. The quantitative estimate of drug-likeness (QED) is 0.552. The van der Waals surface area contributed by atoms with Gasteiger partial charge in [-0.3, -0.25) is 4.79 Å². The van der Waals surface area contributed by atoms with Crippen molar-refractivity contribution >= 4 is 23.1 Å². The van der Waals surface area contributed by atoms with Crippen LogP contribution in [0.25, 0.3) is 0 Å². The Balaban J connectivity index is 2.93. The fourth-order valence-electron chi connectivity index (χ4n) is 0.937. The van der Waals surface area contributed by atoms with Crippen molar-refractivity contribution in [3.8, 4) is 0 Å². The number of ketones is 1. The van der Waals surface area contributed by atoms with Crippen LogP contribution in [0.4, 0.5) is 0 Å². The van der Waals surface area contributed by atoms with E-state index in [1.54, 1.807) is 17.7 Å². The molecule has 0 aliphatic carbocycles. The van der Waals surface area contributed by atoms with Gasteiger partial charge in [0.2, 0.25) is 0 Å². The van der Waals surface area contributed by atoms with Crippen molar-refractivity contribution in [2.75, 3.05) is 6.61 Å². The highest BCUT2D eigenvalue weighted by Crippen LogP contribution is 2.16. The van der Waals surface area contributed by atoms with E-state index in [0.29, 0.717) is 17.7 Å². The predicted octanol–water partition coefficient (Wildman–Crippen LogP) is 2.13. The van der Waals surface area contributed by atoms with E-state index < -0.39 is 5.97 Å². The molecule has 70 valence electrons. The molecule has 0 saturated heterocycles. The fraction of sp³-hybridized carbons (Fsp3) is 0.333. The number of carbonyl (C=O) groups is 2. The van der Waals surface area contributed by atoms with Crippen LogP contribution in [-0.2, 0) is 4.74 Å². The number of carbonyl (C=O) groups excluding carboxylic acids is 2. The second kappa shape index (κ2) is 4.18. The average molecular weight is 198 g/mol. The van der Waals surface area contributed by atoms with Crippen LogP contribution in [0.5, 0.6) is 0 Å². The van der Waals surface area contributed by atoms with Gasteiger partial charge in [-0.1, -0.05) is 0 Å². The van der Waals surface area contributed by atoms with Gasteiger partial charge >= 0.3 is 5.97 Å². The van der Waals surface area contributed by atoms with Crippen molar-refractivity contribution in [2.24, 2.45) is 0 Å². The van der Waals surface area contributed by atoms with Gasteiger partial charge in [-0.2, -0.15) is 11.3 Å². The summed E-state index contributed by atoms with van der Waals surface area (Å²) < 4.78 is 4.79. The first-order valence-electron chi connectivity index (χ1n) is 3.91. The summed E-state index contributed by atoms with van der Waals surface area (Å²) >= 11 is 1.33. The molecule has 0 aliphatic rings. The predicted molar refractivity (Wildman–Crippen MR) is 50.3 cm³/mol. The summed E-state index contributed by atoms with van der Waals surface area (Å²) in [6.07, 6.45) is 0. The molecular formula is C9H10O3S. The first-order valence-corrected chi connectivity index (χ1v) is 4.85. The Morgan fingerprint density at radius 1 is 1.38 bits per heavy atom. The topological polar surface area (TPSA) is 43.4 Å². The van der Waals surface area contributed by atoms with Crippen LogP contribution < -0.4 is 0 Å². The summed E-state index contributed by atoms with van der Waals surface area (Å²) in [4.78, 5) is 22.3. The lowest BCUT2D eigenvalue weighted by molar-refractivity contribution is 0.0524. The van der Waals surface area contributed by atoms with E-state index in [0.717, 1.165) is 0 Å². The molecule has 0 aliphatic heterocycles. The minimum atomic E-state index is -0.422. The summed E-state index contributed by atoms with van der Waals surface area (Å²) in [6, 6.07) is 0. The molecule has 1 aromatic rings. The van der Waals surface area contributed by atoms with Gasteiger partial charge in [-0.05, 0) is 13.8 Å². The molecule has 0 fully saturated rings. The van der Waals surface area contributed by atoms with Gasteiger partial charge in [-0.25, -0.2) is 4.79 Å². The van der Waals surface area contributed by atoms with Crippen molar-refractivity contribution in [1.82, 2.24) is 0 Å². The number of hydrogen-bond acceptors (Lipinski definition) is 4.